The van der Waals surface area contributed by atoms with E-state index in [1.54, 1.807) is 6.92 Å². The van der Waals surface area contributed by atoms with Crippen LogP contribution in [0.3, 0.4) is 0 Å². The van der Waals surface area contributed by atoms with E-state index >= 15 is 0 Å². The first-order valence-corrected chi connectivity index (χ1v) is 9.81. The van der Waals surface area contributed by atoms with Crippen LogP contribution in [0, 0.1) is 5.92 Å². The largest absolute Gasteiger partial charge is 0.413 e. The summed E-state index contributed by atoms with van der Waals surface area (Å²) < 4.78 is 6.35. The van der Waals surface area contributed by atoms with Gasteiger partial charge in [-0.1, -0.05) is 26.8 Å². The number of Topliss-reactive ketones (excluding diaryl/α,β-unsaturated/α-hetero) is 1. The molecule has 1 saturated carbocycles. The second-order valence-electron chi connectivity index (χ2n) is 7.06. The molecule has 1 aliphatic carbocycles. The predicted octanol–water partition coefficient (Wildman–Crippen LogP) is 3.50. The third-order valence-corrected chi connectivity index (χ3v) is 8.79. The van der Waals surface area contributed by atoms with E-state index in [4.69, 9.17) is 4.43 Å². The molecular weight excluding hydrogens is 256 g/mol. The minimum Gasteiger partial charge on any atom is -0.413 e. The number of carbonyl (C=O) groups excluding carboxylic acids is 2. The second kappa shape index (κ2) is 5.71. The molecule has 0 amide bonds. The van der Waals surface area contributed by atoms with E-state index in [0.29, 0.717) is 18.4 Å². The van der Waals surface area contributed by atoms with E-state index < -0.39 is 8.32 Å². The molecule has 19 heavy (non-hydrogen) atoms. The third-order valence-electron chi connectivity index (χ3n) is 4.28. The van der Waals surface area contributed by atoms with Crippen molar-refractivity contribution >= 4 is 20.4 Å². The standard InChI is InChI=1S/C15H26O3Si/c1-11(10-16)7-12-8-13(17)9-14(12)18-19(5,6)15(2,3)4/h7,10,12,14H,8-9H2,1-6H3. The van der Waals surface area contributed by atoms with Crippen molar-refractivity contribution in [1.82, 2.24) is 0 Å². The number of hydrogen-bond donors (Lipinski definition) is 0. The Morgan fingerprint density at radius 2 is 1.89 bits per heavy atom. The zero-order valence-electron chi connectivity index (χ0n) is 12.9. The minimum absolute atomic E-state index is 0.0525. The first kappa shape index (κ1) is 16.3. The topological polar surface area (TPSA) is 43.4 Å². The molecule has 0 saturated heterocycles. The second-order valence-corrected chi connectivity index (χ2v) is 11.8. The van der Waals surface area contributed by atoms with Crippen molar-refractivity contribution in [1.29, 1.82) is 0 Å². The molecule has 0 bridgehead atoms. The van der Waals surface area contributed by atoms with E-state index in [9.17, 15) is 9.59 Å². The molecule has 0 aromatic rings. The van der Waals surface area contributed by atoms with Crippen molar-refractivity contribution in [3.8, 4) is 0 Å². The lowest BCUT2D eigenvalue weighted by atomic mass is 10.0. The molecule has 1 fully saturated rings. The molecule has 0 spiro atoms. The van der Waals surface area contributed by atoms with E-state index in [1.807, 2.05) is 6.08 Å². The summed E-state index contributed by atoms with van der Waals surface area (Å²) in [6.07, 6.45) is 3.68. The number of hydrogen-bond acceptors (Lipinski definition) is 3. The highest BCUT2D eigenvalue weighted by Gasteiger charge is 2.43. The maximum atomic E-state index is 11.7. The smallest absolute Gasteiger partial charge is 0.192 e. The van der Waals surface area contributed by atoms with Gasteiger partial charge in [-0.2, -0.15) is 0 Å². The van der Waals surface area contributed by atoms with Crippen LogP contribution >= 0.6 is 0 Å². The van der Waals surface area contributed by atoms with Crippen LogP contribution in [0.15, 0.2) is 11.6 Å². The van der Waals surface area contributed by atoms with Crippen LogP contribution in [-0.4, -0.2) is 26.5 Å². The summed E-state index contributed by atoms with van der Waals surface area (Å²) in [5, 5.41) is 0.132. The highest BCUT2D eigenvalue weighted by atomic mass is 28.4. The average molecular weight is 282 g/mol. The maximum absolute atomic E-state index is 11.7. The Morgan fingerprint density at radius 1 is 1.32 bits per heavy atom. The normalized spacial score (nSPS) is 25.8. The van der Waals surface area contributed by atoms with Crippen molar-refractivity contribution < 1.29 is 14.0 Å². The quantitative estimate of drug-likeness (QED) is 0.450. The Balaban J connectivity index is 2.86. The van der Waals surface area contributed by atoms with E-state index in [2.05, 4.69) is 33.9 Å². The van der Waals surface area contributed by atoms with Gasteiger partial charge in [0.1, 0.15) is 12.1 Å². The van der Waals surface area contributed by atoms with E-state index in [0.717, 1.165) is 6.29 Å². The van der Waals surface area contributed by atoms with Crippen LogP contribution in [0.25, 0.3) is 0 Å². The highest BCUT2D eigenvalue weighted by Crippen LogP contribution is 2.40. The Morgan fingerprint density at radius 3 is 2.37 bits per heavy atom. The van der Waals surface area contributed by atoms with Gasteiger partial charge in [0.15, 0.2) is 8.32 Å². The first-order valence-electron chi connectivity index (χ1n) is 6.90. The molecule has 0 N–H and O–H groups in total. The summed E-state index contributed by atoms with van der Waals surface area (Å²) in [7, 11) is -1.87. The van der Waals surface area contributed by atoms with Crippen molar-refractivity contribution in [3.05, 3.63) is 11.6 Å². The van der Waals surface area contributed by atoms with Crippen LogP contribution < -0.4 is 0 Å². The molecule has 0 heterocycles. The summed E-state index contributed by atoms with van der Waals surface area (Å²) in [6, 6.07) is 0. The van der Waals surface area contributed by atoms with E-state index in [1.165, 1.54) is 0 Å². The lowest BCUT2D eigenvalue weighted by Crippen LogP contribution is -2.44. The number of aldehydes is 1. The van der Waals surface area contributed by atoms with Gasteiger partial charge in [-0.05, 0) is 30.6 Å². The van der Waals surface area contributed by atoms with Gasteiger partial charge in [-0.3, -0.25) is 9.59 Å². The summed E-state index contributed by atoms with van der Waals surface area (Å²) in [4.78, 5) is 22.4. The van der Waals surface area contributed by atoms with Crippen LogP contribution in [0.5, 0.6) is 0 Å². The summed E-state index contributed by atoms with van der Waals surface area (Å²) >= 11 is 0. The third kappa shape index (κ3) is 4.11. The predicted molar refractivity (Wildman–Crippen MR) is 79.6 cm³/mol. The fraction of sp³-hybridized carbons (Fsp3) is 0.733. The molecule has 2 atom stereocenters. The highest BCUT2D eigenvalue weighted by molar-refractivity contribution is 6.74. The Hall–Kier alpha value is -0.743. The summed E-state index contributed by atoms with van der Waals surface area (Å²) in [5.41, 5.74) is 0.684. The number of rotatable bonds is 4. The zero-order chi connectivity index (χ0) is 14.8. The molecule has 0 aromatic heterocycles. The maximum Gasteiger partial charge on any atom is 0.192 e. The van der Waals surface area contributed by atoms with Gasteiger partial charge in [-0.25, -0.2) is 0 Å². The number of ketones is 1. The Kier molecular flexibility index (Phi) is 4.90. The number of allylic oxidation sites excluding steroid dienone is 1. The Labute approximate surface area is 117 Å². The van der Waals surface area contributed by atoms with Gasteiger partial charge in [-0.15, -0.1) is 0 Å². The van der Waals surface area contributed by atoms with Gasteiger partial charge in [0.2, 0.25) is 0 Å². The fourth-order valence-electron chi connectivity index (χ4n) is 2.08. The molecule has 0 radical (unpaired) electrons. The summed E-state index contributed by atoms with van der Waals surface area (Å²) in [6.45, 7) is 12.7. The van der Waals surface area contributed by atoms with E-state index in [-0.39, 0.29) is 22.8 Å². The molecule has 1 rings (SSSR count). The van der Waals surface area contributed by atoms with Crippen molar-refractivity contribution in [2.45, 2.75) is 64.8 Å². The van der Waals surface area contributed by atoms with Crippen molar-refractivity contribution in [2.75, 3.05) is 0 Å². The van der Waals surface area contributed by atoms with Crippen LogP contribution in [0.2, 0.25) is 18.1 Å². The van der Waals surface area contributed by atoms with Gasteiger partial charge < -0.3 is 4.43 Å². The minimum atomic E-state index is -1.87. The van der Waals surface area contributed by atoms with Crippen molar-refractivity contribution in [3.63, 3.8) is 0 Å². The summed E-state index contributed by atoms with van der Waals surface area (Å²) in [5.74, 6) is 0.301. The SMILES string of the molecule is CC(C=O)=CC1CC(=O)CC1O[Si](C)(C)C(C)(C)C. The van der Waals surface area contributed by atoms with Crippen LogP contribution in [0.1, 0.15) is 40.5 Å². The molecule has 0 aromatic carbocycles. The monoisotopic (exact) mass is 282 g/mol. The molecule has 3 nitrogen and oxygen atoms in total. The lowest BCUT2D eigenvalue weighted by Gasteiger charge is -2.39. The molecular formula is C15H26O3Si. The molecule has 4 heteroatoms. The molecule has 1 aliphatic rings. The van der Waals surface area contributed by atoms with Crippen molar-refractivity contribution in [2.24, 2.45) is 5.92 Å². The molecule has 0 aliphatic heterocycles. The van der Waals surface area contributed by atoms with Crippen LogP contribution in [-0.2, 0) is 14.0 Å². The fourth-order valence-corrected chi connectivity index (χ4v) is 3.45. The Bertz CT molecular complexity index is 391. The van der Waals surface area contributed by atoms with Gasteiger partial charge in [0.25, 0.3) is 0 Å². The molecule has 108 valence electrons. The molecule has 2 unspecified atom stereocenters. The van der Waals surface area contributed by atoms with Crippen LogP contribution in [0.4, 0.5) is 0 Å². The zero-order valence-corrected chi connectivity index (χ0v) is 13.9. The average Bonchev–Trinajstić information content (AvgIpc) is 2.56. The number of carbonyl (C=O) groups is 2. The van der Waals surface area contributed by atoms with Gasteiger partial charge in [0.05, 0.1) is 6.10 Å². The van der Waals surface area contributed by atoms with Gasteiger partial charge in [0, 0.05) is 18.8 Å². The lowest BCUT2D eigenvalue weighted by molar-refractivity contribution is -0.117. The first-order chi connectivity index (χ1) is 8.56. The van der Waals surface area contributed by atoms with Gasteiger partial charge >= 0.3 is 0 Å².